The van der Waals surface area contributed by atoms with Gasteiger partial charge in [-0.25, -0.2) is 0 Å². The van der Waals surface area contributed by atoms with E-state index in [4.69, 9.17) is 9.84 Å². The summed E-state index contributed by atoms with van der Waals surface area (Å²) in [5.74, 6) is 0.818. The number of likely N-dealkylation sites (tertiary alicyclic amines) is 1. The van der Waals surface area contributed by atoms with Crippen LogP contribution in [0.1, 0.15) is 32.1 Å². The van der Waals surface area contributed by atoms with Gasteiger partial charge in [0.15, 0.2) is 0 Å². The number of carbonyl (C=O) groups excluding carboxylic acids is 1. The Hall–Kier alpha value is -0.650. The van der Waals surface area contributed by atoms with Crippen molar-refractivity contribution in [2.24, 2.45) is 5.92 Å². The van der Waals surface area contributed by atoms with E-state index in [-0.39, 0.29) is 12.7 Å². The van der Waals surface area contributed by atoms with Gasteiger partial charge in [-0.3, -0.25) is 4.79 Å². The van der Waals surface area contributed by atoms with Crippen molar-refractivity contribution < 1.29 is 14.6 Å². The summed E-state index contributed by atoms with van der Waals surface area (Å²) in [6.07, 6.45) is 5.06. The average molecular weight is 270 g/mol. The van der Waals surface area contributed by atoms with Crippen LogP contribution in [0.15, 0.2) is 0 Å². The van der Waals surface area contributed by atoms with Crippen molar-refractivity contribution in [1.82, 2.24) is 10.2 Å². The SMILES string of the molecule is O=C(CC1CCCNC1)N1CCC(OCCO)CC1. The molecule has 2 aliphatic rings. The number of nitrogens with zero attached hydrogens (tertiary/aromatic N) is 1. The van der Waals surface area contributed by atoms with Gasteiger partial charge in [-0.15, -0.1) is 0 Å². The summed E-state index contributed by atoms with van der Waals surface area (Å²) in [7, 11) is 0. The fourth-order valence-corrected chi connectivity index (χ4v) is 2.97. The minimum atomic E-state index is 0.0772. The zero-order valence-corrected chi connectivity index (χ0v) is 11.6. The maximum absolute atomic E-state index is 12.2. The summed E-state index contributed by atoms with van der Waals surface area (Å²) in [6, 6.07) is 0. The number of carbonyl (C=O) groups is 1. The van der Waals surface area contributed by atoms with Crippen molar-refractivity contribution in [3.05, 3.63) is 0 Å². The van der Waals surface area contributed by atoms with E-state index in [0.29, 0.717) is 24.9 Å². The van der Waals surface area contributed by atoms with Crippen molar-refractivity contribution in [2.75, 3.05) is 39.4 Å². The molecular weight excluding hydrogens is 244 g/mol. The molecule has 5 heteroatoms. The molecule has 1 unspecified atom stereocenters. The minimum Gasteiger partial charge on any atom is -0.394 e. The van der Waals surface area contributed by atoms with Crippen molar-refractivity contribution in [2.45, 2.75) is 38.2 Å². The molecule has 0 aromatic rings. The van der Waals surface area contributed by atoms with Gasteiger partial charge in [0.25, 0.3) is 0 Å². The fraction of sp³-hybridized carbons (Fsp3) is 0.929. The maximum Gasteiger partial charge on any atom is 0.222 e. The molecule has 0 bridgehead atoms. The number of aliphatic hydroxyl groups is 1. The molecule has 2 heterocycles. The summed E-state index contributed by atoms with van der Waals surface area (Å²) >= 11 is 0. The molecule has 2 rings (SSSR count). The van der Waals surface area contributed by atoms with E-state index in [9.17, 15) is 4.79 Å². The molecule has 2 aliphatic heterocycles. The molecule has 0 radical (unpaired) electrons. The van der Waals surface area contributed by atoms with Crippen LogP contribution < -0.4 is 5.32 Å². The van der Waals surface area contributed by atoms with Crippen LogP contribution in [0.4, 0.5) is 0 Å². The molecule has 19 heavy (non-hydrogen) atoms. The molecule has 0 saturated carbocycles. The molecular formula is C14H26N2O3. The van der Waals surface area contributed by atoms with Gasteiger partial charge < -0.3 is 20.1 Å². The lowest BCUT2D eigenvalue weighted by atomic mass is 9.95. The summed E-state index contributed by atoms with van der Waals surface area (Å²) in [4.78, 5) is 14.2. The molecule has 1 atom stereocenters. The predicted octanol–water partition coefficient (Wildman–Crippen LogP) is 0.376. The van der Waals surface area contributed by atoms with Gasteiger partial charge >= 0.3 is 0 Å². The molecule has 2 N–H and O–H groups in total. The number of rotatable bonds is 5. The Morgan fingerprint density at radius 3 is 2.74 bits per heavy atom. The lowest BCUT2D eigenvalue weighted by Crippen LogP contribution is -2.42. The van der Waals surface area contributed by atoms with Gasteiger partial charge in [-0.1, -0.05) is 0 Å². The van der Waals surface area contributed by atoms with Gasteiger partial charge in [-0.2, -0.15) is 0 Å². The second kappa shape index (κ2) is 7.82. The smallest absolute Gasteiger partial charge is 0.222 e. The van der Waals surface area contributed by atoms with E-state index in [1.165, 1.54) is 12.8 Å². The summed E-state index contributed by atoms with van der Waals surface area (Å²) < 4.78 is 5.51. The molecule has 2 saturated heterocycles. The summed E-state index contributed by atoms with van der Waals surface area (Å²) in [5, 5.41) is 12.1. The van der Waals surface area contributed by atoms with E-state index in [0.717, 1.165) is 39.0 Å². The van der Waals surface area contributed by atoms with Crippen LogP contribution in [0, 0.1) is 5.92 Å². The highest BCUT2D eigenvalue weighted by molar-refractivity contribution is 5.76. The van der Waals surface area contributed by atoms with Crippen LogP contribution in [0.5, 0.6) is 0 Å². The molecule has 2 fully saturated rings. The second-order valence-electron chi connectivity index (χ2n) is 5.59. The highest BCUT2D eigenvalue weighted by Crippen LogP contribution is 2.19. The molecule has 110 valence electrons. The van der Waals surface area contributed by atoms with Crippen LogP contribution >= 0.6 is 0 Å². The van der Waals surface area contributed by atoms with Gasteiger partial charge in [0.2, 0.25) is 5.91 Å². The molecule has 5 nitrogen and oxygen atoms in total. The standard InChI is InChI=1S/C14H26N2O3/c17-8-9-19-13-3-6-16(7-4-13)14(18)10-12-2-1-5-15-11-12/h12-13,15,17H,1-11H2. The molecule has 0 aliphatic carbocycles. The number of hydrogen-bond acceptors (Lipinski definition) is 4. The first-order valence-corrected chi connectivity index (χ1v) is 7.50. The van der Waals surface area contributed by atoms with Crippen LogP contribution in [-0.2, 0) is 9.53 Å². The van der Waals surface area contributed by atoms with Gasteiger partial charge in [0, 0.05) is 19.5 Å². The molecule has 1 amide bonds. The van der Waals surface area contributed by atoms with Crippen LogP contribution in [-0.4, -0.2) is 61.4 Å². The first-order chi connectivity index (χ1) is 9.29. The monoisotopic (exact) mass is 270 g/mol. The Bertz CT molecular complexity index is 272. The third kappa shape index (κ3) is 4.75. The van der Waals surface area contributed by atoms with Crippen molar-refractivity contribution in [1.29, 1.82) is 0 Å². The summed E-state index contributed by atoms with van der Waals surface area (Å²) in [5.41, 5.74) is 0. The zero-order valence-electron chi connectivity index (χ0n) is 11.6. The van der Waals surface area contributed by atoms with E-state index >= 15 is 0 Å². The van der Waals surface area contributed by atoms with Crippen LogP contribution in [0.25, 0.3) is 0 Å². The highest BCUT2D eigenvalue weighted by Gasteiger charge is 2.25. The lowest BCUT2D eigenvalue weighted by Gasteiger charge is -2.33. The van der Waals surface area contributed by atoms with E-state index in [1.54, 1.807) is 0 Å². The minimum absolute atomic E-state index is 0.0772. The van der Waals surface area contributed by atoms with Crippen molar-refractivity contribution in [3.63, 3.8) is 0 Å². The second-order valence-corrected chi connectivity index (χ2v) is 5.59. The van der Waals surface area contributed by atoms with Crippen molar-refractivity contribution in [3.8, 4) is 0 Å². The topological polar surface area (TPSA) is 61.8 Å². The van der Waals surface area contributed by atoms with Crippen LogP contribution in [0.3, 0.4) is 0 Å². The van der Waals surface area contributed by atoms with E-state index < -0.39 is 0 Å². The van der Waals surface area contributed by atoms with Crippen molar-refractivity contribution >= 4 is 5.91 Å². The van der Waals surface area contributed by atoms with E-state index in [1.807, 2.05) is 4.90 Å². The Balaban J connectivity index is 1.67. The number of nitrogens with one attached hydrogen (secondary N) is 1. The fourth-order valence-electron chi connectivity index (χ4n) is 2.97. The average Bonchev–Trinajstić information content (AvgIpc) is 2.46. The lowest BCUT2D eigenvalue weighted by molar-refractivity contribution is -0.135. The Morgan fingerprint density at radius 1 is 1.32 bits per heavy atom. The van der Waals surface area contributed by atoms with Gasteiger partial charge in [0.05, 0.1) is 19.3 Å². The molecule has 0 aromatic heterocycles. The first kappa shape index (κ1) is 14.8. The maximum atomic E-state index is 12.2. The largest absolute Gasteiger partial charge is 0.394 e. The van der Waals surface area contributed by atoms with Gasteiger partial charge in [0.1, 0.15) is 0 Å². The zero-order chi connectivity index (χ0) is 13.5. The molecule has 0 aromatic carbocycles. The Labute approximate surface area is 115 Å². The third-order valence-electron chi connectivity index (χ3n) is 4.10. The highest BCUT2D eigenvalue weighted by atomic mass is 16.5. The number of amides is 1. The molecule has 0 spiro atoms. The Morgan fingerprint density at radius 2 is 2.11 bits per heavy atom. The number of piperidine rings is 2. The predicted molar refractivity (Wildman–Crippen MR) is 72.9 cm³/mol. The third-order valence-corrected chi connectivity index (χ3v) is 4.10. The number of ether oxygens (including phenoxy) is 1. The summed E-state index contributed by atoms with van der Waals surface area (Å²) in [6.45, 7) is 4.17. The Kier molecular flexibility index (Phi) is 6.07. The van der Waals surface area contributed by atoms with Gasteiger partial charge in [-0.05, 0) is 44.7 Å². The van der Waals surface area contributed by atoms with E-state index in [2.05, 4.69) is 5.32 Å². The quantitative estimate of drug-likeness (QED) is 0.758. The number of aliphatic hydroxyl groups excluding tert-OH is 1. The normalized spacial score (nSPS) is 25.5. The number of hydrogen-bond donors (Lipinski definition) is 2. The van der Waals surface area contributed by atoms with Crippen LogP contribution in [0.2, 0.25) is 0 Å². The first-order valence-electron chi connectivity index (χ1n) is 7.50.